The molecule has 10 heavy (non-hydrogen) atoms. The van der Waals surface area contributed by atoms with Crippen LogP contribution in [0.1, 0.15) is 13.8 Å². The average Bonchev–Trinajstić information content (AvgIpc) is 1.59. The molecule has 4 nitrogen and oxygen atoms in total. The van der Waals surface area contributed by atoms with Crippen LogP contribution in [0.15, 0.2) is 0 Å². The predicted octanol–water partition coefficient (Wildman–Crippen LogP) is 0.273. The van der Waals surface area contributed by atoms with Gasteiger partial charge in [-0.2, -0.15) is 0 Å². The summed E-state index contributed by atoms with van der Waals surface area (Å²) in [6.45, 7) is 5.91. The van der Waals surface area contributed by atoms with Crippen molar-refractivity contribution in [1.29, 1.82) is 0 Å². The van der Waals surface area contributed by atoms with E-state index in [9.17, 15) is 0 Å². The zero-order valence-electron chi connectivity index (χ0n) is 6.59. The topological polar surface area (TPSA) is 61.7 Å². The van der Waals surface area contributed by atoms with Crippen molar-refractivity contribution in [3.8, 4) is 0 Å². The maximum absolute atomic E-state index is 8.74. The zero-order chi connectivity index (χ0) is 8.20. The molecule has 0 aliphatic heterocycles. The van der Waals surface area contributed by atoms with E-state index in [4.69, 9.17) is 9.79 Å². The fourth-order valence-corrected chi connectivity index (χ4v) is 0.702. The molecule has 0 amide bonds. The van der Waals surface area contributed by atoms with Crippen LogP contribution in [0, 0.1) is 5.92 Å². The third kappa shape index (κ3) is 8.27. The summed E-state index contributed by atoms with van der Waals surface area (Å²) in [5.74, 6) is 0.441. The molecule has 0 spiro atoms. The van der Waals surface area contributed by atoms with E-state index in [-0.39, 0.29) is 0 Å². The Balaban J connectivity index is 3.21. The molecule has 0 bridgehead atoms. The van der Waals surface area contributed by atoms with E-state index in [2.05, 4.69) is 10.1 Å². The normalized spacial score (nSPS) is 14.2. The first-order valence-electron chi connectivity index (χ1n) is 3.27. The number of hydrogen-bond acceptors (Lipinski definition) is 4. The van der Waals surface area contributed by atoms with Gasteiger partial charge in [0, 0.05) is 0 Å². The molecule has 0 unspecified atom stereocenters. The van der Waals surface area contributed by atoms with Crippen molar-refractivity contribution >= 4 is 7.94 Å². The van der Waals surface area contributed by atoms with Gasteiger partial charge in [-0.3, -0.25) is 0 Å². The van der Waals surface area contributed by atoms with Crippen LogP contribution in [-0.4, -0.2) is 23.0 Å². The molecule has 0 aromatic heterocycles. The summed E-state index contributed by atoms with van der Waals surface area (Å²) in [4.78, 5) is 17.5. The van der Waals surface area contributed by atoms with Crippen LogP contribution in [-0.2, 0) is 4.62 Å². The van der Waals surface area contributed by atoms with Crippen LogP contribution in [0.3, 0.4) is 0 Å². The van der Waals surface area contributed by atoms with Crippen molar-refractivity contribution in [1.82, 2.24) is 5.48 Å². The van der Waals surface area contributed by atoms with Crippen LogP contribution >= 0.6 is 7.94 Å². The van der Waals surface area contributed by atoms with E-state index in [0.29, 0.717) is 12.5 Å². The second-order valence-corrected chi connectivity index (χ2v) is 4.85. The Labute approximate surface area is 61.7 Å². The molecule has 0 aromatic carbocycles. The number of nitrogens with one attached hydrogen (secondary N) is 1. The second-order valence-electron chi connectivity index (χ2n) is 2.78. The van der Waals surface area contributed by atoms with Crippen LogP contribution in [0.4, 0.5) is 0 Å². The summed E-state index contributed by atoms with van der Waals surface area (Å²) in [6.07, 6.45) is 0. The molecule has 64 valence electrons. The van der Waals surface area contributed by atoms with Gasteiger partial charge in [0.05, 0.1) is 0 Å². The van der Waals surface area contributed by atoms with Crippen LogP contribution in [0.2, 0.25) is 0 Å². The van der Waals surface area contributed by atoms with Crippen LogP contribution < -0.4 is 5.48 Å². The molecule has 0 aromatic rings. The number of rotatable bonds is 4. The molecule has 3 N–H and O–H groups in total. The van der Waals surface area contributed by atoms with Gasteiger partial charge >= 0.3 is 60.8 Å². The Hall–Kier alpha value is 0.270. The van der Waals surface area contributed by atoms with E-state index in [1.54, 1.807) is 0 Å². The van der Waals surface area contributed by atoms with Gasteiger partial charge in [-0.25, -0.2) is 0 Å². The predicted molar refractivity (Wildman–Crippen MR) is 42.6 cm³/mol. The first kappa shape index (κ1) is 10.3. The van der Waals surface area contributed by atoms with Gasteiger partial charge in [-0.05, 0) is 0 Å². The fraction of sp³-hybridized carbons (Fsp3) is 1.00. The molecular formula is C5H16NO3P. The minimum absolute atomic E-state index is 0.441. The molecule has 0 saturated carbocycles. The monoisotopic (exact) mass is 169 g/mol. The van der Waals surface area contributed by atoms with Gasteiger partial charge in [-0.1, -0.05) is 0 Å². The van der Waals surface area contributed by atoms with Gasteiger partial charge < -0.3 is 0 Å². The summed E-state index contributed by atoms with van der Waals surface area (Å²) in [5.41, 5.74) is 2.49. The van der Waals surface area contributed by atoms with E-state index in [0.717, 1.165) is 0 Å². The number of hydrogen-bond donors (Lipinski definition) is 3. The summed E-state index contributed by atoms with van der Waals surface area (Å²) >= 11 is 0. The number of hydroxylamine groups is 1. The van der Waals surface area contributed by atoms with Crippen LogP contribution in [0.5, 0.6) is 0 Å². The van der Waals surface area contributed by atoms with Crippen molar-refractivity contribution in [2.45, 2.75) is 13.8 Å². The maximum atomic E-state index is 8.74. The van der Waals surface area contributed by atoms with Crippen molar-refractivity contribution in [2.24, 2.45) is 5.92 Å². The molecule has 0 atom stereocenters. The molecule has 0 saturated heterocycles. The first-order valence-corrected chi connectivity index (χ1v) is 5.57. The SMILES string of the molecule is CC(C)CNO[PH](C)(O)O. The molecule has 5 heteroatoms. The quantitative estimate of drug-likeness (QED) is 0.417. The average molecular weight is 169 g/mol. The van der Waals surface area contributed by atoms with Gasteiger partial charge in [-0.15, -0.1) is 0 Å². The van der Waals surface area contributed by atoms with Gasteiger partial charge in [0.25, 0.3) is 0 Å². The Morgan fingerprint density at radius 2 is 2.00 bits per heavy atom. The fourth-order valence-electron chi connectivity index (χ4n) is 0.345. The Bertz CT molecular complexity index is 91.4. The van der Waals surface area contributed by atoms with Crippen molar-refractivity contribution in [3.63, 3.8) is 0 Å². The third-order valence-electron chi connectivity index (χ3n) is 0.757. The van der Waals surface area contributed by atoms with Gasteiger partial charge in [0.15, 0.2) is 0 Å². The zero-order valence-corrected chi connectivity index (χ0v) is 7.59. The first-order chi connectivity index (χ1) is 4.42. The standard InChI is InChI=1S/C5H16NO3P/c1-5(2)4-6-9-10(3,7)8/h5-8,10H,4H2,1-3H3. The summed E-state index contributed by atoms with van der Waals surface area (Å²) < 4.78 is 4.54. The Morgan fingerprint density at radius 1 is 1.50 bits per heavy atom. The minimum atomic E-state index is -3.34. The van der Waals surface area contributed by atoms with E-state index in [1.165, 1.54) is 6.66 Å². The third-order valence-corrected chi connectivity index (χ3v) is 1.29. The van der Waals surface area contributed by atoms with Crippen LogP contribution in [0.25, 0.3) is 0 Å². The van der Waals surface area contributed by atoms with E-state index in [1.807, 2.05) is 13.8 Å². The molecule has 0 aliphatic carbocycles. The second kappa shape index (κ2) is 4.21. The molecule has 0 radical (unpaired) electrons. The molecular weight excluding hydrogens is 153 g/mol. The molecule has 0 fully saturated rings. The molecule has 0 heterocycles. The summed E-state index contributed by atoms with van der Waals surface area (Å²) in [7, 11) is -3.34. The summed E-state index contributed by atoms with van der Waals surface area (Å²) in [5, 5.41) is 0. The van der Waals surface area contributed by atoms with Gasteiger partial charge in [0.2, 0.25) is 0 Å². The van der Waals surface area contributed by atoms with Crippen molar-refractivity contribution < 1.29 is 14.4 Å². The van der Waals surface area contributed by atoms with E-state index < -0.39 is 7.94 Å². The Kier molecular flexibility index (Phi) is 4.32. The van der Waals surface area contributed by atoms with Crippen molar-refractivity contribution in [2.75, 3.05) is 13.2 Å². The summed E-state index contributed by atoms with van der Waals surface area (Å²) in [6, 6.07) is 0. The molecule has 0 rings (SSSR count). The van der Waals surface area contributed by atoms with Gasteiger partial charge in [0.1, 0.15) is 0 Å². The Morgan fingerprint density at radius 3 is 2.30 bits per heavy atom. The molecule has 0 aliphatic rings. The van der Waals surface area contributed by atoms with Crippen molar-refractivity contribution in [3.05, 3.63) is 0 Å². The van der Waals surface area contributed by atoms with E-state index >= 15 is 0 Å².